The molecule has 1 aliphatic rings. The van der Waals surface area contributed by atoms with Crippen molar-refractivity contribution in [2.75, 3.05) is 18.4 Å². The van der Waals surface area contributed by atoms with Crippen LogP contribution < -0.4 is 10.6 Å². The van der Waals surface area contributed by atoms with E-state index in [0.717, 1.165) is 43.6 Å². The smallest absolute Gasteiger partial charge is 0.277 e. The van der Waals surface area contributed by atoms with E-state index in [9.17, 15) is 4.79 Å². The molecule has 0 aliphatic carbocycles. The van der Waals surface area contributed by atoms with E-state index in [0.29, 0.717) is 16.9 Å². The molecule has 1 amide bonds. The Bertz CT molecular complexity index is 915. The number of hydrogen-bond acceptors (Lipinski definition) is 5. The Hall–Kier alpha value is -2.22. The van der Waals surface area contributed by atoms with Crippen molar-refractivity contribution in [3.63, 3.8) is 0 Å². The first-order valence-electron chi connectivity index (χ1n) is 9.35. The summed E-state index contributed by atoms with van der Waals surface area (Å²) in [6.45, 7) is 4.09. The highest BCUT2D eigenvalue weighted by Crippen LogP contribution is 2.25. The van der Waals surface area contributed by atoms with Gasteiger partial charge in [0.2, 0.25) is 0 Å². The highest BCUT2D eigenvalue weighted by atomic mass is 35.5. The number of piperidine rings is 1. The van der Waals surface area contributed by atoms with E-state index in [1.54, 1.807) is 6.07 Å². The Kier molecular flexibility index (Phi) is 6.83. The molecule has 1 saturated heterocycles. The summed E-state index contributed by atoms with van der Waals surface area (Å²) in [6, 6.07) is 10.4. The van der Waals surface area contributed by atoms with Crippen LogP contribution in [0, 0.1) is 0 Å². The predicted octanol–water partition coefficient (Wildman–Crippen LogP) is 4.17. The molecular weight excluding hydrogens is 394 g/mol. The molecule has 1 aliphatic heterocycles. The van der Waals surface area contributed by atoms with Crippen LogP contribution in [0.2, 0.25) is 0 Å². The second-order valence-corrected chi connectivity index (χ2v) is 7.58. The van der Waals surface area contributed by atoms with Gasteiger partial charge in [-0.15, -0.1) is 23.7 Å². The van der Waals surface area contributed by atoms with Gasteiger partial charge in [-0.25, -0.2) is 4.98 Å². The molecule has 2 aromatic heterocycles. The van der Waals surface area contributed by atoms with E-state index in [1.807, 2.05) is 16.3 Å². The molecule has 3 heterocycles. The normalized spacial score (nSPS) is 16.4. The molecule has 4 rings (SSSR count). The zero-order valence-corrected chi connectivity index (χ0v) is 17.4. The Balaban J connectivity index is 0.00000225. The van der Waals surface area contributed by atoms with Gasteiger partial charge in [0, 0.05) is 23.7 Å². The molecule has 1 aromatic carbocycles. The molecule has 1 atom stereocenters. The lowest BCUT2D eigenvalue weighted by atomic mass is 10.1. The third-order valence-electron chi connectivity index (χ3n) is 4.87. The Morgan fingerprint density at radius 3 is 2.86 bits per heavy atom. The number of nitrogens with one attached hydrogen (secondary N) is 2. The summed E-state index contributed by atoms with van der Waals surface area (Å²) in [4.78, 5) is 17.0. The second-order valence-electron chi connectivity index (χ2n) is 6.72. The summed E-state index contributed by atoms with van der Waals surface area (Å²) < 4.78 is 1.89. The maximum absolute atomic E-state index is 12.5. The summed E-state index contributed by atoms with van der Waals surface area (Å²) in [7, 11) is 0. The van der Waals surface area contributed by atoms with Crippen LogP contribution in [0.15, 0.2) is 41.9 Å². The van der Waals surface area contributed by atoms with Crippen molar-refractivity contribution in [3.8, 4) is 11.3 Å². The molecule has 6 nitrogen and oxygen atoms in total. The van der Waals surface area contributed by atoms with Crippen molar-refractivity contribution >= 4 is 34.8 Å². The number of benzene rings is 1. The molecule has 28 heavy (non-hydrogen) atoms. The minimum absolute atomic E-state index is 0. The van der Waals surface area contributed by atoms with Gasteiger partial charge in [-0.1, -0.05) is 31.2 Å². The van der Waals surface area contributed by atoms with Crippen LogP contribution in [0.3, 0.4) is 0 Å². The van der Waals surface area contributed by atoms with Crippen LogP contribution >= 0.6 is 23.7 Å². The lowest BCUT2D eigenvalue weighted by Gasteiger charge is -2.22. The van der Waals surface area contributed by atoms with Crippen LogP contribution in [0.5, 0.6) is 0 Å². The fraction of sp³-hybridized carbons (Fsp3) is 0.350. The van der Waals surface area contributed by atoms with Gasteiger partial charge in [0.05, 0.1) is 11.7 Å². The number of aromatic nitrogens is 3. The summed E-state index contributed by atoms with van der Waals surface area (Å²) in [6.07, 6.45) is 5.12. The zero-order chi connectivity index (χ0) is 18.6. The zero-order valence-electron chi connectivity index (χ0n) is 15.7. The maximum atomic E-state index is 12.5. The van der Waals surface area contributed by atoms with Gasteiger partial charge in [0.25, 0.3) is 5.91 Å². The first-order valence-corrected chi connectivity index (χ1v) is 10.2. The molecule has 8 heteroatoms. The standard InChI is InChI=1S/C20H23N5OS.ClH/c1-2-14-5-7-15(8-6-14)18-13-27-20(22-18)23-19(26)17-9-11-25(24-17)16-4-3-10-21-12-16;/h5-9,11,13,16,21H,2-4,10,12H2,1H3,(H,22,23,26);1H. The van der Waals surface area contributed by atoms with Crippen molar-refractivity contribution in [3.05, 3.63) is 53.2 Å². The van der Waals surface area contributed by atoms with Gasteiger partial charge in [-0.3, -0.25) is 14.8 Å². The van der Waals surface area contributed by atoms with E-state index in [4.69, 9.17) is 0 Å². The lowest BCUT2D eigenvalue weighted by Crippen LogP contribution is -2.32. The van der Waals surface area contributed by atoms with Crippen LogP contribution in [-0.2, 0) is 6.42 Å². The van der Waals surface area contributed by atoms with Gasteiger partial charge in [-0.2, -0.15) is 5.10 Å². The van der Waals surface area contributed by atoms with E-state index >= 15 is 0 Å². The molecule has 1 unspecified atom stereocenters. The minimum atomic E-state index is -0.222. The topological polar surface area (TPSA) is 71.8 Å². The Morgan fingerprint density at radius 1 is 1.32 bits per heavy atom. The number of halogens is 1. The van der Waals surface area contributed by atoms with Crippen molar-refractivity contribution in [2.45, 2.75) is 32.2 Å². The van der Waals surface area contributed by atoms with Crippen LogP contribution in [0.4, 0.5) is 5.13 Å². The Morgan fingerprint density at radius 2 is 2.14 bits per heavy atom. The number of amides is 1. The van der Waals surface area contributed by atoms with Gasteiger partial charge < -0.3 is 5.32 Å². The van der Waals surface area contributed by atoms with Crippen molar-refractivity contribution in [1.29, 1.82) is 0 Å². The fourth-order valence-electron chi connectivity index (χ4n) is 3.26. The molecule has 1 fully saturated rings. The number of hydrogen-bond donors (Lipinski definition) is 2. The molecule has 148 valence electrons. The number of aryl methyl sites for hydroxylation is 1. The van der Waals surface area contributed by atoms with Crippen LogP contribution in [-0.4, -0.2) is 33.8 Å². The number of carbonyl (C=O) groups excluding carboxylic acids is 1. The molecule has 0 radical (unpaired) electrons. The van der Waals surface area contributed by atoms with E-state index in [2.05, 4.69) is 51.9 Å². The van der Waals surface area contributed by atoms with Crippen molar-refractivity contribution in [2.24, 2.45) is 0 Å². The Labute approximate surface area is 174 Å². The number of carbonyl (C=O) groups is 1. The van der Waals surface area contributed by atoms with E-state index in [1.165, 1.54) is 16.9 Å². The summed E-state index contributed by atoms with van der Waals surface area (Å²) in [5.41, 5.74) is 3.64. The van der Waals surface area contributed by atoms with E-state index < -0.39 is 0 Å². The largest absolute Gasteiger partial charge is 0.315 e. The van der Waals surface area contributed by atoms with Crippen LogP contribution in [0.25, 0.3) is 11.3 Å². The lowest BCUT2D eigenvalue weighted by molar-refractivity contribution is 0.102. The average molecular weight is 418 g/mol. The number of thiazole rings is 1. The summed E-state index contributed by atoms with van der Waals surface area (Å²) in [5, 5.41) is 13.2. The molecule has 3 aromatic rings. The third-order valence-corrected chi connectivity index (χ3v) is 5.63. The monoisotopic (exact) mass is 417 g/mol. The van der Waals surface area contributed by atoms with E-state index in [-0.39, 0.29) is 18.3 Å². The highest BCUT2D eigenvalue weighted by Gasteiger charge is 2.18. The highest BCUT2D eigenvalue weighted by molar-refractivity contribution is 7.14. The predicted molar refractivity (Wildman–Crippen MR) is 115 cm³/mol. The van der Waals surface area contributed by atoms with Gasteiger partial charge in [-0.05, 0) is 37.4 Å². The molecule has 2 N–H and O–H groups in total. The fourth-order valence-corrected chi connectivity index (χ4v) is 3.97. The average Bonchev–Trinajstić information content (AvgIpc) is 3.39. The molecule has 0 spiro atoms. The quantitative estimate of drug-likeness (QED) is 0.653. The third kappa shape index (κ3) is 4.60. The van der Waals surface area contributed by atoms with Crippen molar-refractivity contribution in [1.82, 2.24) is 20.1 Å². The van der Waals surface area contributed by atoms with Crippen LogP contribution in [0.1, 0.15) is 41.9 Å². The maximum Gasteiger partial charge on any atom is 0.277 e. The summed E-state index contributed by atoms with van der Waals surface area (Å²) in [5.74, 6) is -0.222. The molecular formula is C20H24ClN5OS. The summed E-state index contributed by atoms with van der Waals surface area (Å²) >= 11 is 1.42. The first kappa shape index (κ1) is 20.5. The number of rotatable bonds is 5. The van der Waals surface area contributed by atoms with Gasteiger partial charge in [0.1, 0.15) is 0 Å². The number of nitrogens with zero attached hydrogens (tertiary/aromatic N) is 3. The van der Waals surface area contributed by atoms with Gasteiger partial charge >= 0.3 is 0 Å². The first-order chi connectivity index (χ1) is 13.2. The SMILES string of the molecule is CCc1ccc(-c2csc(NC(=O)c3ccn(C4CCCNC4)n3)n2)cc1.Cl. The second kappa shape index (κ2) is 9.32. The number of anilines is 1. The van der Waals surface area contributed by atoms with Gasteiger partial charge in [0.15, 0.2) is 10.8 Å². The molecule has 0 bridgehead atoms. The molecule has 0 saturated carbocycles. The minimum Gasteiger partial charge on any atom is -0.315 e. The van der Waals surface area contributed by atoms with Crippen molar-refractivity contribution < 1.29 is 4.79 Å².